The number of nitrogens with zero attached hydrogens (tertiary/aromatic N) is 1. The Morgan fingerprint density at radius 2 is 2.32 bits per heavy atom. The predicted molar refractivity (Wildman–Crippen MR) is 85.2 cm³/mol. The highest BCUT2D eigenvalue weighted by Gasteiger charge is 2.33. The summed E-state index contributed by atoms with van der Waals surface area (Å²) in [6, 6.07) is 3.41. The van der Waals surface area contributed by atoms with Gasteiger partial charge in [0.1, 0.15) is 5.75 Å². The smallest absolute Gasteiger partial charge is 0.407 e. The summed E-state index contributed by atoms with van der Waals surface area (Å²) < 4.78 is 6.35. The maximum Gasteiger partial charge on any atom is 0.407 e. The Balaban J connectivity index is 2.28. The van der Waals surface area contributed by atoms with Crippen LogP contribution in [0.4, 0.5) is 4.79 Å². The van der Waals surface area contributed by atoms with E-state index < -0.39 is 6.09 Å². The van der Waals surface area contributed by atoms with Crippen LogP contribution in [0.2, 0.25) is 0 Å². The van der Waals surface area contributed by atoms with Crippen molar-refractivity contribution in [2.24, 2.45) is 0 Å². The van der Waals surface area contributed by atoms with Crippen LogP contribution in [-0.2, 0) is 6.42 Å². The zero-order chi connectivity index (χ0) is 15.9. The third kappa shape index (κ3) is 2.06. The molecule has 3 rings (SSSR count). The van der Waals surface area contributed by atoms with Gasteiger partial charge in [0.2, 0.25) is 0 Å². The summed E-state index contributed by atoms with van der Waals surface area (Å²) >= 11 is 1.55. The molecule has 22 heavy (non-hydrogen) atoms. The Morgan fingerprint density at radius 3 is 2.91 bits per heavy atom. The first-order valence-electron chi connectivity index (χ1n) is 7.19. The van der Waals surface area contributed by atoms with Crippen molar-refractivity contribution >= 4 is 33.8 Å². The van der Waals surface area contributed by atoms with Gasteiger partial charge in [-0.25, -0.2) is 4.79 Å². The molecule has 1 aromatic carbocycles. The van der Waals surface area contributed by atoms with Crippen LogP contribution in [0.25, 0.3) is 10.1 Å². The van der Waals surface area contributed by atoms with Crippen LogP contribution in [0, 0.1) is 0 Å². The van der Waals surface area contributed by atoms with Crippen LogP contribution in [-0.4, -0.2) is 36.0 Å². The van der Waals surface area contributed by atoms with E-state index in [1.54, 1.807) is 30.6 Å². The van der Waals surface area contributed by atoms with Gasteiger partial charge in [-0.05, 0) is 30.5 Å². The van der Waals surface area contributed by atoms with Crippen LogP contribution < -0.4 is 4.74 Å². The van der Waals surface area contributed by atoms with E-state index in [0.717, 1.165) is 32.6 Å². The average molecular weight is 319 g/mol. The van der Waals surface area contributed by atoms with Gasteiger partial charge < -0.3 is 14.7 Å². The van der Waals surface area contributed by atoms with Crippen LogP contribution in [0.5, 0.6) is 5.75 Å². The number of carboxylic acid groups (broad SMARTS) is 1. The molecule has 1 atom stereocenters. The van der Waals surface area contributed by atoms with E-state index in [-0.39, 0.29) is 6.04 Å². The van der Waals surface area contributed by atoms with E-state index in [4.69, 9.17) is 4.74 Å². The lowest BCUT2D eigenvalue weighted by atomic mass is 9.95. The SMILES string of the molecule is CCC1c2sc3c(OC)ccc(C=O)c3c2CCN1C(=O)O. The summed E-state index contributed by atoms with van der Waals surface area (Å²) in [6.07, 6.45) is 1.31. The Kier molecular flexibility index (Phi) is 3.78. The van der Waals surface area contributed by atoms with Gasteiger partial charge in [-0.1, -0.05) is 6.92 Å². The van der Waals surface area contributed by atoms with Gasteiger partial charge in [0.05, 0.1) is 17.9 Å². The normalized spacial score (nSPS) is 17.4. The van der Waals surface area contributed by atoms with E-state index in [0.29, 0.717) is 24.9 Å². The van der Waals surface area contributed by atoms with Crippen LogP contribution in [0.15, 0.2) is 12.1 Å². The number of carbonyl (C=O) groups excluding carboxylic acids is 1. The molecule has 0 fully saturated rings. The van der Waals surface area contributed by atoms with Crippen molar-refractivity contribution in [2.45, 2.75) is 25.8 Å². The monoisotopic (exact) mass is 319 g/mol. The fourth-order valence-corrected chi connectivity index (χ4v) is 4.80. The van der Waals surface area contributed by atoms with Crippen molar-refractivity contribution in [1.29, 1.82) is 0 Å². The zero-order valence-electron chi connectivity index (χ0n) is 12.5. The first-order chi connectivity index (χ1) is 10.6. The summed E-state index contributed by atoms with van der Waals surface area (Å²) in [5, 5.41) is 10.3. The van der Waals surface area contributed by atoms with Crippen molar-refractivity contribution in [1.82, 2.24) is 4.90 Å². The second-order valence-electron chi connectivity index (χ2n) is 5.27. The van der Waals surface area contributed by atoms with Gasteiger partial charge in [-0.15, -0.1) is 11.3 Å². The number of carbonyl (C=O) groups is 2. The number of ether oxygens (including phenoxy) is 1. The van der Waals surface area contributed by atoms with Crippen molar-refractivity contribution in [2.75, 3.05) is 13.7 Å². The second kappa shape index (κ2) is 5.61. The zero-order valence-corrected chi connectivity index (χ0v) is 13.3. The quantitative estimate of drug-likeness (QED) is 0.876. The molecule has 2 heterocycles. The Labute approximate surface area is 132 Å². The number of rotatable bonds is 3. The summed E-state index contributed by atoms with van der Waals surface area (Å²) in [5.41, 5.74) is 1.75. The van der Waals surface area contributed by atoms with Gasteiger partial charge in [-0.2, -0.15) is 0 Å². The molecule has 0 saturated carbocycles. The predicted octanol–water partition coefficient (Wildman–Crippen LogP) is 3.71. The van der Waals surface area contributed by atoms with Gasteiger partial charge in [0, 0.05) is 22.4 Å². The van der Waals surface area contributed by atoms with E-state index in [2.05, 4.69) is 0 Å². The van der Waals surface area contributed by atoms with Gasteiger partial charge in [-0.3, -0.25) is 4.79 Å². The van der Waals surface area contributed by atoms with Crippen molar-refractivity contribution < 1.29 is 19.4 Å². The van der Waals surface area contributed by atoms with Gasteiger partial charge in [0.15, 0.2) is 6.29 Å². The highest BCUT2D eigenvalue weighted by atomic mass is 32.1. The van der Waals surface area contributed by atoms with E-state index in [9.17, 15) is 14.7 Å². The topological polar surface area (TPSA) is 66.8 Å². The fraction of sp³-hybridized carbons (Fsp3) is 0.375. The van der Waals surface area contributed by atoms with Crippen molar-refractivity contribution in [3.05, 3.63) is 28.1 Å². The maximum absolute atomic E-state index is 11.4. The number of fused-ring (bicyclic) bond motifs is 3. The lowest BCUT2D eigenvalue weighted by Gasteiger charge is -2.33. The number of hydrogen-bond donors (Lipinski definition) is 1. The molecule has 0 radical (unpaired) electrons. The summed E-state index contributed by atoms with van der Waals surface area (Å²) in [4.78, 5) is 25.4. The minimum atomic E-state index is -0.891. The number of benzene rings is 1. The van der Waals surface area contributed by atoms with E-state index in [1.807, 2.05) is 6.92 Å². The Hall–Kier alpha value is -2.08. The molecule has 1 aromatic heterocycles. The second-order valence-corrected chi connectivity index (χ2v) is 6.33. The number of aldehydes is 1. The van der Waals surface area contributed by atoms with Gasteiger partial charge >= 0.3 is 6.09 Å². The number of methoxy groups -OCH3 is 1. The molecule has 116 valence electrons. The van der Waals surface area contributed by atoms with Crippen molar-refractivity contribution in [3.63, 3.8) is 0 Å². The van der Waals surface area contributed by atoms with Crippen LogP contribution in [0.3, 0.4) is 0 Å². The molecular weight excluding hydrogens is 302 g/mol. The highest BCUT2D eigenvalue weighted by Crippen LogP contribution is 2.46. The lowest BCUT2D eigenvalue weighted by molar-refractivity contribution is 0.112. The minimum Gasteiger partial charge on any atom is -0.495 e. The maximum atomic E-state index is 11.4. The lowest BCUT2D eigenvalue weighted by Crippen LogP contribution is -2.38. The highest BCUT2D eigenvalue weighted by molar-refractivity contribution is 7.19. The minimum absolute atomic E-state index is 0.150. The molecular formula is C16H17NO4S. The first-order valence-corrected chi connectivity index (χ1v) is 8.01. The van der Waals surface area contributed by atoms with E-state index in [1.165, 1.54) is 4.90 Å². The molecule has 6 heteroatoms. The summed E-state index contributed by atoms with van der Waals surface area (Å²) in [7, 11) is 1.61. The molecule has 2 aromatic rings. The van der Waals surface area contributed by atoms with Gasteiger partial charge in [0.25, 0.3) is 0 Å². The molecule has 1 N–H and O–H groups in total. The third-order valence-corrected chi connectivity index (χ3v) is 5.57. The van der Waals surface area contributed by atoms with Crippen molar-refractivity contribution in [3.8, 4) is 5.75 Å². The number of thiophene rings is 1. The molecule has 1 aliphatic heterocycles. The average Bonchev–Trinajstić information content (AvgIpc) is 2.92. The number of hydrogen-bond acceptors (Lipinski definition) is 4. The fourth-order valence-electron chi connectivity index (χ4n) is 3.23. The third-order valence-electron chi connectivity index (χ3n) is 4.23. The molecule has 0 saturated heterocycles. The Bertz CT molecular complexity index is 752. The summed E-state index contributed by atoms with van der Waals surface area (Å²) in [5.74, 6) is 0.733. The molecule has 0 aliphatic carbocycles. The molecule has 0 spiro atoms. The molecule has 1 unspecified atom stereocenters. The standard InChI is InChI=1S/C16H17NO4S/c1-3-11-14-10(6-7-17(11)16(19)20)13-9(8-18)4-5-12(21-2)15(13)22-14/h4-5,8,11H,3,6-7H2,1-2H3,(H,19,20). The van der Waals surface area contributed by atoms with Crippen LogP contribution in [0.1, 0.15) is 40.2 Å². The van der Waals surface area contributed by atoms with Crippen LogP contribution >= 0.6 is 11.3 Å². The molecule has 1 amide bonds. The first kappa shape index (κ1) is 14.8. The molecule has 0 bridgehead atoms. The van der Waals surface area contributed by atoms with E-state index >= 15 is 0 Å². The molecule has 5 nitrogen and oxygen atoms in total. The largest absolute Gasteiger partial charge is 0.495 e. The molecule has 1 aliphatic rings. The number of amides is 1. The summed E-state index contributed by atoms with van der Waals surface area (Å²) in [6.45, 7) is 2.44. The Morgan fingerprint density at radius 1 is 1.55 bits per heavy atom.